The second kappa shape index (κ2) is 7.16. The summed E-state index contributed by atoms with van der Waals surface area (Å²) < 4.78 is 39.9. The third kappa shape index (κ3) is 5.09. The lowest BCUT2D eigenvalue weighted by Crippen LogP contribution is -2.18. The summed E-state index contributed by atoms with van der Waals surface area (Å²) in [4.78, 5) is 7.67. The standard InChI is InChI=1S/C15H16BrF3N4/c1-3-9(2)20-14-22-12(15(17,18)19)8-13(23-14)21-11-6-4-5-10(16)7-11/h4-9H,3H2,1-2H3,(H2,20,21,22,23)/t9-/m0/s1. The summed E-state index contributed by atoms with van der Waals surface area (Å²) in [5.41, 5.74) is -0.364. The molecule has 0 aliphatic rings. The van der Waals surface area contributed by atoms with Crippen LogP contribution in [0.4, 0.5) is 30.6 Å². The lowest BCUT2D eigenvalue weighted by Gasteiger charge is -2.15. The second-order valence-corrected chi connectivity index (χ2v) is 5.96. The van der Waals surface area contributed by atoms with Gasteiger partial charge in [-0.05, 0) is 31.5 Å². The predicted octanol–water partition coefficient (Wildman–Crippen LogP) is 5.21. The van der Waals surface area contributed by atoms with Gasteiger partial charge in [-0.2, -0.15) is 18.2 Å². The SMILES string of the molecule is CC[C@H](C)Nc1nc(Nc2cccc(Br)c2)cc(C(F)(F)F)n1. The van der Waals surface area contributed by atoms with Gasteiger partial charge < -0.3 is 10.6 Å². The van der Waals surface area contributed by atoms with E-state index >= 15 is 0 Å². The van der Waals surface area contributed by atoms with Gasteiger partial charge in [0, 0.05) is 22.3 Å². The highest BCUT2D eigenvalue weighted by Crippen LogP contribution is 2.30. The molecule has 1 aromatic carbocycles. The summed E-state index contributed by atoms with van der Waals surface area (Å²) in [6.07, 6.45) is -3.80. The van der Waals surface area contributed by atoms with E-state index in [4.69, 9.17) is 0 Å². The molecular weight excluding hydrogens is 373 g/mol. The first kappa shape index (κ1) is 17.5. The molecule has 8 heteroatoms. The van der Waals surface area contributed by atoms with E-state index in [-0.39, 0.29) is 17.8 Å². The molecule has 1 atom stereocenters. The van der Waals surface area contributed by atoms with Crippen LogP contribution >= 0.6 is 15.9 Å². The number of hydrogen-bond donors (Lipinski definition) is 2. The summed E-state index contributed by atoms with van der Waals surface area (Å²) in [5, 5.41) is 5.74. The van der Waals surface area contributed by atoms with Gasteiger partial charge >= 0.3 is 6.18 Å². The molecule has 0 amide bonds. The zero-order valence-corrected chi connectivity index (χ0v) is 14.2. The van der Waals surface area contributed by atoms with Gasteiger partial charge in [0.05, 0.1) is 0 Å². The molecule has 0 unspecified atom stereocenters. The molecule has 0 saturated heterocycles. The summed E-state index contributed by atoms with van der Waals surface area (Å²) in [6, 6.07) is 7.94. The van der Waals surface area contributed by atoms with Crippen LogP contribution in [-0.2, 0) is 6.18 Å². The number of nitrogens with one attached hydrogen (secondary N) is 2. The Labute approximate surface area is 140 Å². The molecule has 1 aromatic heterocycles. The van der Waals surface area contributed by atoms with E-state index in [1.165, 1.54) is 0 Å². The third-order valence-electron chi connectivity index (χ3n) is 3.10. The van der Waals surface area contributed by atoms with E-state index in [1.807, 2.05) is 19.9 Å². The van der Waals surface area contributed by atoms with Crippen LogP contribution in [0.2, 0.25) is 0 Å². The van der Waals surface area contributed by atoms with E-state index in [1.54, 1.807) is 18.2 Å². The molecule has 0 fully saturated rings. The first-order valence-electron chi connectivity index (χ1n) is 7.03. The van der Waals surface area contributed by atoms with Gasteiger partial charge in [0.1, 0.15) is 5.82 Å². The highest BCUT2D eigenvalue weighted by Gasteiger charge is 2.33. The number of hydrogen-bond acceptors (Lipinski definition) is 4. The monoisotopic (exact) mass is 388 g/mol. The van der Waals surface area contributed by atoms with Crippen molar-refractivity contribution in [1.29, 1.82) is 0 Å². The Morgan fingerprint density at radius 3 is 2.57 bits per heavy atom. The Hall–Kier alpha value is -1.83. The lowest BCUT2D eigenvalue weighted by molar-refractivity contribution is -0.141. The van der Waals surface area contributed by atoms with E-state index in [0.717, 1.165) is 17.0 Å². The number of halogens is 4. The zero-order chi connectivity index (χ0) is 17.0. The quantitative estimate of drug-likeness (QED) is 0.737. The minimum atomic E-state index is -4.54. The van der Waals surface area contributed by atoms with Crippen molar-refractivity contribution < 1.29 is 13.2 Å². The smallest absolute Gasteiger partial charge is 0.352 e. The van der Waals surface area contributed by atoms with Crippen LogP contribution in [0.1, 0.15) is 26.0 Å². The molecule has 1 heterocycles. The Bertz CT molecular complexity index is 676. The van der Waals surface area contributed by atoms with Crippen molar-refractivity contribution in [2.45, 2.75) is 32.5 Å². The third-order valence-corrected chi connectivity index (χ3v) is 3.59. The minimum absolute atomic E-state index is 0.0304. The summed E-state index contributed by atoms with van der Waals surface area (Å²) >= 11 is 3.31. The van der Waals surface area contributed by atoms with Crippen molar-refractivity contribution in [3.63, 3.8) is 0 Å². The highest BCUT2D eigenvalue weighted by molar-refractivity contribution is 9.10. The van der Waals surface area contributed by atoms with Crippen molar-refractivity contribution in [2.24, 2.45) is 0 Å². The number of nitrogens with zero attached hydrogens (tertiary/aromatic N) is 2. The summed E-state index contributed by atoms with van der Waals surface area (Å²) in [7, 11) is 0. The molecule has 0 aliphatic carbocycles. The number of rotatable bonds is 5. The molecular formula is C15H16BrF3N4. The van der Waals surface area contributed by atoms with Crippen molar-refractivity contribution in [1.82, 2.24) is 9.97 Å². The maximum atomic E-state index is 13.0. The fourth-order valence-corrected chi connectivity index (χ4v) is 2.16. The second-order valence-electron chi connectivity index (χ2n) is 5.05. The van der Waals surface area contributed by atoms with Crippen LogP contribution in [0.3, 0.4) is 0 Å². The van der Waals surface area contributed by atoms with Crippen molar-refractivity contribution in [3.8, 4) is 0 Å². The molecule has 0 aliphatic heterocycles. The van der Waals surface area contributed by atoms with Crippen LogP contribution in [-0.4, -0.2) is 16.0 Å². The molecule has 2 N–H and O–H groups in total. The van der Waals surface area contributed by atoms with Crippen LogP contribution in [0.5, 0.6) is 0 Å². The molecule has 23 heavy (non-hydrogen) atoms. The first-order valence-corrected chi connectivity index (χ1v) is 7.82. The van der Waals surface area contributed by atoms with Gasteiger partial charge in [-0.25, -0.2) is 4.98 Å². The van der Waals surface area contributed by atoms with Crippen LogP contribution in [0.15, 0.2) is 34.8 Å². The van der Waals surface area contributed by atoms with Crippen LogP contribution in [0, 0.1) is 0 Å². The number of benzene rings is 1. The number of anilines is 3. The summed E-state index contributed by atoms with van der Waals surface area (Å²) in [6.45, 7) is 3.77. The number of alkyl halides is 3. The summed E-state index contributed by atoms with van der Waals surface area (Å²) in [5.74, 6) is 0.0305. The van der Waals surface area contributed by atoms with E-state index in [0.29, 0.717) is 5.69 Å². The zero-order valence-electron chi connectivity index (χ0n) is 12.6. The first-order chi connectivity index (χ1) is 10.8. The normalized spacial score (nSPS) is 12.8. The average molecular weight is 389 g/mol. The maximum Gasteiger partial charge on any atom is 0.433 e. The van der Waals surface area contributed by atoms with Crippen molar-refractivity contribution >= 4 is 33.4 Å². The Balaban J connectivity index is 2.35. The minimum Gasteiger partial charge on any atom is -0.352 e. The molecule has 0 bridgehead atoms. The Kier molecular flexibility index (Phi) is 5.46. The van der Waals surface area contributed by atoms with Crippen LogP contribution < -0.4 is 10.6 Å². The Morgan fingerprint density at radius 2 is 1.96 bits per heavy atom. The predicted molar refractivity (Wildman–Crippen MR) is 87.8 cm³/mol. The molecule has 0 spiro atoms. The largest absolute Gasteiger partial charge is 0.433 e. The van der Waals surface area contributed by atoms with Gasteiger partial charge in [-0.15, -0.1) is 0 Å². The highest BCUT2D eigenvalue weighted by atomic mass is 79.9. The molecule has 124 valence electrons. The molecule has 0 saturated carbocycles. The van der Waals surface area contributed by atoms with Gasteiger partial charge in [0.15, 0.2) is 5.69 Å². The maximum absolute atomic E-state index is 13.0. The molecule has 2 aromatic rings. The van der Waals surface area contributed by atoms with Gasteiger partial charge in [0.2, 0.25) is 5.95 Å². The fraction of sp³-hybridized carbons (Fsp3) is 0.333. The van der Waals surface area contributed by atoms with Gasteiger partial charge in [-0.3, -0.25) is 0 Å². The van der Waals surface area contributed by atoms with E-state index in [2.05, 4.69) is 36.5 Å². The van der Waals surface area contributed by atoms with Gasteiger partial charge in [0.25, 0.3) is 0 Å². The molecule has 2 rings (SSSR count). The van der Waals surface area contributed by atoms with Gasteiger partial charge in [-0.1, -0.05) is 28.9 Å². The van der Waals surface area contributed by atoms with Crippen LogP contribution in [0.25, 0.3) is 0 Å². The Morgan fingerprint density at radius 1 is 1.22 bits per heavy atom. The molecule has 0 radical (unpaired) electrons. The number of aromatic nitrogens is 2. The topological polar surface area (TPSA) is 49.8 Å². The van der Waals surface area contributed by atoms with Crippen molar-refractivity contribution in [2.75, 3.05) is 10.6 Å². The lowest BCUT2D eigenvalue weighted by atomic mass is 10.3. The average Bonchev–Trinajstić information content (AvgIpc) is 2.46. The van der Waals surface area contributed by atoms with E-state index in [9.17, 15) is 13.2 Å². The fourth-order valence-electron chi connectivity index (χ4n) is 1.76. The van der Waals surface area contributed by atoms with Crippen molar-refractivity contribution in [3.05, 3.63) is 40.5 Å². The molecule has 4 nitrogen and oxygen atoms in total. The van der Waals surface area contributed by atoms with E-state index < -0.39 is 11.9 Å².